The molecule has 0 spiro atoms. The zero-order valence-electron chi connectivity index (χ0n) is 18.5. The molecule has 0 radical (unpaired) electrons. The highest BCUT2D eigenvalue weighted by molar-refractivity contribution is 7.14. The van der Waals surface area contributed by atoms with E-state index < -0.39 is 0 Å². The number of nitrogens with one attached hydrogen (secondary N) is 2. The summed E-state index contributed by atoms with van der Waals surface area (Å²) in [6.45, 7) is 6.72. The van der Waals surface area contributed by atoms with Gasteiger partial charge in [-0.2, -0.15) is 0 Å². The highest BCUT2D eigenvalue weighted by atomic mass is 32.1. The summed E-state index contributed by atoms with van der Waals surface area (Å²) in [5.41, 5.74) is 1.24. The lowest BCUT2D eigenvalue weighted by atomic mass is 10.1. The van der Waals surface area contributed by atoms with Gasteiger partial charge in [0.05, 0.1) is 11.0 Å². The summed E-state index contributed by atoms with van der Waals surface area (Å²) < 4.78 is 1.99. The van der Waals surface area contributed by atoms with Crippen molar-refractivity contribution in [2.24, 2.45) is 12.0 Å². The molecule has 8 heteroatoms. The molecule has 3 heterocycles. The van der Waals surface area contributed by atoms with Gasteiger partial charge in [0, 0.05) is 26.2 Å². The van der Waals surface area contributed by atoms with E-state index in [4.69, 9.17) is 4.99 Å². The molecule has 1 aliphatic heterocycles. The van der Waals surface area contributed by atoms with Gasteiger partial charge in [-0.3, -0.25) is 0 Å². The maximum absolute atomic E-state index is 4.86. The second kappa shape index (κ2) is 9.96. The first-order valence-electron chi connectivity index (χ1n) is 10.9. The highest BCUT2D eigenvalue weighted by Gasteiger charge is 2.21. The Kier molecular flexibility index (Phi) is 6.86. The zero-order valence-corrected chi connectivity index (χ0v) is 19.3. The number of nitrogens with zero attached hydrogens (tertiary/aromatic N) is 5. The van der Waals surface area contributed by atoms with Gasteiger partial charge in [0.15, 0.2) is 11.8 Å². The third-order valence-electron chi connectivity index (χ3n) is 5.87. The van der Waals surface area contributed by atoms with E-state index in [1.54, 1.807) is 0 Å². The molecule has 1 fully saturated rings. The van der Waals surface area contributed by atoms with E-state index in [1.807, 2.05) is 35.9 Å². The summed E-state index contributed by atoms with van der Waals surface area (Å²) in [6.07, 6.45) is 2.17. The first kappa shape index (κ1) is 21.4. The molecule has 164 valence electrons. The van der Waals surface area contributed by atoms with Crippen LogP contribution >= 0.6 is 11.3 Å². The maximum atomic E-state index is 4.86. The molecule has 4 rings (SSSR count). The molecular weight excluding hydrogens is 406 g/mol. The molecule has 2 N–H and O–H groups in total. The molecule has 0 saturated carbocycles. The summed E-state index contributed by atoms with van der Waals surface area (Å²) in [7, 11) is 1.98. The Labute approximate surface area is 188 Å². The van der Waals surface area contributed by atoms with Crippen molar-refractivity contribution in [2.75, 3.05) is 18.0 Å². The maximum Gasteiger partial charge on any atom is 0.192 e. The fourth-order valence-electron chi connectivity index (χ4n) is 3.79. The van der Waals surface area contributed by atoms with Crippen molar-refractivity contribution in [3.8, 4) is 0 Å². The van der Waals surface area contributed by atoms with Gasteiger partial charge in [-0.1, -0.05) is 30.3 Å². The number of aryl methyl sites for hydroxylation is 1. The summed E-state index contributed by atoms with van der Waals surface area (Å²) in [5, 5.41) is 19.2. The molecule has 7 nitrogen and oxygen atoms in total. The monoisotopic (exact) mass is 437 g/mol. The third-order valence-corrected chi connectivity index (χ3v) is 6.80. The third kappa shape index (κ3) is 5.44. The molecule has 1 aromatic carbocycles. The van der Waals surface area contributed by atoms with Gasteiger partial charge in [-0.25, -0.2) is 4.99 Å². The Morgan fingerprint density at radius 1 is 1.16 bits per heavy atom. The minimum atomic E-state index is 0.153. The van der Waals surface area contributed by atoms with E-state index in [9.17, 15) is 0 Å². The van der Waals surface area contributed by atoms with E-state index in [-0.39, 0.29) is 6.04 Å². The fourth-order valence-corrected chi connectivity index (χ4v) is 4.57. The number of benzene rings is 1. The van der Waals surface area contributed by atoms with Crippen LogP contribution in [0.3, 0.4) is 0 Å². The molecular formula is C23H31N7S. The fraction of sp³-hybridized carbons (Fsp3) is 0.435. The Balaban J connectivity index is 1.43. The van der Waals surface area contributed by atoms with Crippen LogP contribution in [0.4, 0.5) is 5.00 Å². The predicted octanol–water partition coefficient (Wildman–Crippen LogP) is 3.65. The van der Waals surface area contributed by atoms with Crippen molar-refractivity contribution in [2.45, 2.75) is 45.3 Å². The minimum absolute atomic E-state index is 0.153. The number of aromatic nitrogens is 3. The molecule has 1 saturated heterocycles. The van der Waals surface area contributed by atoms with Gasteiger partial charge >= 0.3 is 0 Å². The Morgan fingerprint density at radius 3 is 2.58 bits per heavy atom. The Morgan fingerprint density at radius 2 is 1.94 bits per heavy atom. The van der Waals surface area contributed by atoms with E-state index in [1.165, 1.54) is 10.6 Å². The summed E-state index contributed by atoms with van der Waals surface area (Å²) in [6, 6.07) is 15.3. The van der Waals surface area contributed by atoms with E-state index in [0.717, 1.165) is 43.5 Å². The number of hydrogen-bond acceptors (Lipinski definition) is 5. The van der Waals surface area contributed by atoms with Crippen molar-refractivity contribution in [1.29, 1.82) is 0 Å². The molecule has 31 heavy (non-hydrogen) atoms. The van der Waals surface area contributed by atoms with Gasteiger partial charge in [0.25, 0.3) is 0 Å². The summed E-state index contributed by atoms with van der Waals surface area (Å²) in [5.74, 6) is 2.58. The topological polar surface area (TPSA) is 70.4 Å². The smallest absolute Gasteiger partial charge is 0.192 e. The quantitative estimate of drug-likeness (QED) is 0.455. The first-order valence-corrected chi connectivity index (χ1v) is 11.7. The predicted molar refractivity (Wildman–Crippen MR) is 128 cm³/mol. The number of anilines is 1. The average Bonchev–Trinajstić information content (AvgIpc) is 3.44. The van der Waals surface area contributed by atoms with Crippen LogP contribution in [0.5, 0.6) is 0 Å². The van der Waals surface area contributed by atoms with E-state index in [0.29, 0.717) is 12.6 Å². The minimum Gasteiger partial charge on any atom is -0.363 e. The lowest BCUT2D eigenvalue weighted by Gasteiger charge is -2.34. The van der Waals surface area contributed by atoms with Crippen LogP contribution in [-0.2, 0) is 13.6 Å². The number of aliphatic imine (C=N–C) groups is 1. The van der Waals surface area contributed by atoms with E-state index >= 15 is 0 Å². The molecule has 3 aromatic rings. The second-order valence-corrected chi connectivity index (χ2v) is 8.95. The van der Waals surface area contributed by atoms with Gasteiger partial charge in [0.1, 0.15) is 12.4 Å². The molecule has 2 aromatic heterocycles. The lowest BCUT2D eigenvalue weighted by Crippen LogP contribution is -2.49. The Hall–Kier alpha value is -2.87. The number of piperidine rings is 1. The first-order chi connectivity index (χ1) is 15.1. The highest BCUT2D eigenvalue weighted by Crippen LogP contribution is 2.24. The molecule has 0 bridgehead atoms. The van der Waals surface area contributed by atoms with Crippen LogP contribution in [-0.4, -0.2) is 39.9 Å². The summed E-state index contributed by atoms with van der Waals surface area (Å²) >= 11 is 1.81. The van der Waals surface area contributed by atoms with Crippen molar-refractivity contribution in [3.63, 3.8) is 0 Å². The Bertz CT molecular complexity index is 973. The second-order valence-electron chi connectivity index (χ2n) is 8.02. The van der Waals surface area contributed by atoms with Crippen LogP contribution < -0.4 is 15.5 Å². The van der Waals surface area contributed by atoms with Crippen molar-refractivity contribution in [1.82, 2.24) is 25.4 Å². The summed E-state index contributed by atoms with van der Waals surface area (Å²) in [4.78, 5) is 7.33. The van der Waals surface area contributed by atoms with Gasteiger partial charge in [-0.15, -0.1) is 21.5 Å². The van der Waals surface area contributed by atoms with Crippen molar-refractivity contribution in [3.05, 3.63) is 65.1 Å². The SMILES string of the molecule is Cc1nnc(CN=C(NC2CCN(c3cccs3)CC2)NC(C)c2ccccc2)n1C. The number of rotatable bonds is 6. The number of thiophene rings is 1. The van der Waals surface area contributed by atoms with Crippen LogP contribution in [0.2, 0.25) is 0 Å². The van der Waals surface area contributed by atoms with Crippen molar-refractivity contribution >= 4 is 22.3 Å². The average molecular weight is 438 g/mol. The number of guanidine groups is 1. The van der Waals surface area contributed by atoms with E-state index in [2.05, 4.69) is 74.4 Å². The van der Waals surface area contributed by atoms with Gasteiger partial charge < -0.3 is 20.1 Å². The lowest BCUT2D eigenvalue weighted by molar-refractivity contribution is 0.459. The van der Waals surface area contributed by atoms with Gasteiger partial charge in [-0.05, 0) is 49.8 Å². The van der Waals surface area contributed by atoms with Crippen LogP contribution in [0.15, 0.2) is 52.8 Å². The molecule has 1 aliphatic rings. The molecule has 1 unspecified atom stereocenters. The van der Waals surface area contributed by atoms with Crippen LogP contribution in [0, 0.1) is 6.92 Å². The molecule has 0 amide bonds. The normalized spacial score (nSPS) is 16.4. The van der Waals surface area contributed by atoms with Crippen LogP contribution in [0.25, 0.3) is 0 Å². The van der Waals surface area contributed by atoms with Crippen molar-refractivity contribution < 1.29 is 0 Å². The zero-order chi connectivity index (χ0) is 21.6. The molecule has 1 atom stereocenters. The number of hydrogen-bond donors (Lipinski definition) is 2. The standard InChI is InChI=1S/C23H31N7S/c1-17(19-8-5-4-6-9-19)25-23(24-16-21-28-27-18(2)29(21)3)26-20-11-13-30(14-12-20)22-10-7-15-31-22/h4-10,15,17,20H,11-14,16H2,1-3H3,(H2,24,25,26). The van der Waals surface area contributed by atoms with Gasteiger partial charge in [0.2, 0.25) is 0 Å². The van der Waals surface area contributed by atoms with Crippen LogP contribution in [0.1, 0.15) is 43.0 Å². The largest absolute Gasteiger partial charge is 0.363 e. The molecule has 0 aliphatic carbocycles.